The van der Waals surface area contributed by atoms with Gasteiger partial charge in [-0.1, -0.05) is 26.2 Å². The van der Waals surface area contributed by atoms with Crippen LogP contribution < -0.4 is 0 Å². The third-order valence-electron chi connectivity index (χ3n) is 9.74. The molecule has 23 heteroatoms. The van der Waals surface area contributed by atoms with E-state index in [4.69, 9.17) is 48.4 Å². The minimum absolute atomic E-state index is 0.0159. The summed E-state index contributed by atoms with van der Waals surface area (Å²) in [5.74, 6) is 0. The smallest absolute Gasteiger partial charge is 0.325 e. The molecule has 0 aromatic rings. The highest BCUT2D eigenvalue weighted by Crippen LogP contribution is 2.36. The van der Waals surface area contributed by atoms with Gasteiger partial charge in [-0.25, -0.2) is 0 Å². The minimum atomic E-state index is -2.75. The largest absolute Gasteiger partial charge is 0.437 e. The van der Waals surface area contributed by atoms with Crippen LogP contribution in [-0.2, 0) is 48.4 Å². The molecule has 0 amide bonds. The van der Waals surface area contributed by atoms with E-state index in [9.17, 15) is 10.2 Å². The van der Waals surface area contributed by atoms with Gasteiger partial charge in [0, 0.05) is 38.9 Å². The summed E-state index contributed by atoms with van der Waals surface area (Å²) in [6, 6.07) is 3.50. The quantitative estimate of drug-likeness (QED) is 0.0446. The second-order valence-electron chi connectivity index (χ2n) is 21.1. The van der Waals surface area contributed by atoms with Crippen molar-refractivity contribution in [3.8, 4) is 0 Å². The standard InChI is InChI=1S/C39H98O13Si10/c1-39(36-44-28-22-34-61(18,47-38-54(4)5)62(19,35-21-27-43-31-25-41)51-58(14,15)49-56(9,10)11)45-29-23-32-59(16,46-37-53(2)3)52-60(17,33-20-26-42-30-24-40)50-57(12,13)48-55(6,7)8/h39-41H,20-38H2,1-19H3. The van der Waals surface area contributed by atoms with Crippen LogP contribution in [0.2, 0.25) is 142 Å². The molecule has 2 N–H and O–H groups in total. The van der Waals surface area contributed by atoms with Crippen LogP contribution in [0.5, 0.6) is 0 Å². The molecule has 0 aromatic carbocycles. The maximum atomic E-state index is 9.26. The van der Waals surface area contributed by atoms with E-state index in [1.54, 1.807) is 0 Å². The molecule has 5 atom stereocenters. The van der Waals surface area contributed by atoms with Gasteiger partial charge in [0.25, 0.3) is 0 Å². The molecule has 13 nitrogen and oxygen atoms in total. The van der Waals surface area contributed by atoms with Crippen LogP contribution >= 0.6 is 0 Å². The Morgan fingerprint density at radius 3 is 1.34 bits per heavy atom. The summed E-state index contributed by atoms with van der Waals surface area (Å²) in [4.78, 5) is 0. The molecule has 0 heterocycles. The van der Waals surface area contributed by atoms with Crippen molar-refractivity contribution in [2.75, 3.05) is 71.9 Å². The lowest BCUT2D eigenvalue weighted by Gasteiger charge is -2.47. The second-order valence-corrected chi connectivity index (χ2v) is 63.0. The minimum Gasteiger partial charge on any atom is -0.437 e. The van der Waals surface area contributed by atoms with E-state index in [1.807, 2.05) is 0 Å². The van der Waals surface area contributed by atoms with Gasteiger partial charge in [0.05, 0.1) is 56.7 Å². The predicted octanol–water partition coefficient (Wildman–Crippen LogP) is 9.14. The molecule has 0 aliphatic carbocycles. The molecule has 5 unspecified atom stereocenters. The Labute approximate surface area is 393 Å². The van der Waals surface area contributed by atoms with E-state index in [1.165, 1.54) is 0 Å². The highest BCUT2D eigenvalue weighted by Gasteiger charge is 2.55. The molecule has 2 radical (unpaired) electrons. The van der Waals surface area contributed by atoms with E-state index in [2.05, 4.69) is 125 Å². The fourth-order valence-electron chi connectivity index (χ4n) is 7.65. The lowest BCUT2D eigenvalue weighted by molar-refractivity contribution is -0.00671. The van der Waals surface area contributed by atoms with Gasteiger partial charge < -0.3 is 58.6 Å². The van der Waals surface area contributed by atoms with E-state index in [0.717, 1.165) is 62.3 Å². The average Bonchev–Trinajstić information content (AvgIpc) is 3.08. The number of aliphatic hydroxyl groups excluding tert-OH is 2. The van der Waals surface area contributed by atoms with Gasteiger partial charge >= 0.3 is 34.2 Å². The Morgan fingerprint density at radius 2 is 0.855 bits per heavy atom. The summed E-state index contributed by atoms with van der Waals surface area (Å²) in [6.45, 7) is 46.2. The number of aliphatic hydroxyl groups is 2. The van der Waals surface area contributed by atoms with Crippen LogP contribution in [0, 0.1) is 0 Å². The van der Waals surface area contributed by atoms with Crippen LogP contribution in [-0.4, -0.2) is 172 Å². The summed E-state index contributed by atoms with van der Waals surface area (Å²) >= 11 is 0. The second kappa shape index (κ2) is 30.3. The molecular weight excluding hydrogens is 957 g/mol. The SMILES string of the molecule is CC(COCCC[Si](C)(OC[Si](C)C)[Si](C)(CCCOCCO)O[Si](C)(C)O[Si](C)(C)C)OCCC[Si](C)(OC[Si](C)C)O[Si](C)(CCCOCCO)O[Si](C)(C)O[Si](C)(C)C. The Kier molecular flexibility index (Phi) is 31.1. The van der Waals surface area contributed by atoms with Gasteiger partial charge in [-0.3, -0.25) is 0 Å². The van der Waals surface area contributed by atoms with Gasteiger partial charge in [0.1, 0.15) is 0 Å². The average molecular weight is 1060 g/mol. The van der Waals surface area contributed by atoms with Crippen LogP contribution in [0.15, 0.2) is 0 Å². The zero-order valence-corrected chi connectivity index (χ0v) is 53.4. The Hall–Kier alpha value is 1.65. The Morgan fingerprint density at radius 1 is 0.435 bits per heavy atom. The molecule has 0 rings (SSSR count). The van der Waals surface area contributed by atoms with E-state index >= 15 is 0 Å². The molecule has 0 aliphatic heterocycles. The van der Waals surface area contributed by atoms with Gasteiger partial charge in [-0.05, 0) is 148 Å². The molecule has 0 saturated carbocycles. The molecule has 62 heavy (non-hydrogen) atoms. The Bertz CT molecular complexity index is 1170. The van der Waals surface area contributed by atoms with Crippen LogP contribution in [0.1, 0.15) is 32.6 Å². The zero-order valence-electron chi connectivity index (χ0n) is 43.4. The van der Waals surface area contributed by atoms with E-state index in [0.29, 0.717) is 46.2 Å². The first-order valence-electron chi connectivity index (χ1n) is 23.3. The van der Waals surface area contributed by atoms with Crippen LogP contribution in [0.25, 0.3) is 0 Å². The van der Waals surface area contributed by atoms with E-state index < -0.39 is 84.1 Å². The molecular formula is C39H98O13Si10. The zero-order chi connectivity index (χ0) is 47.9. The molecule has 0 saturated heterocycles. The van der Waals surface area contributed by atoms with Crippen molar-refractivity contribution in [2.24, 2.45) is 0 Å². The van der Waals surface area contributed by atoms with Gasteiger partial charge in [0.15, 0.2) is 24.5 Å². The molecule has 0 aromatic heterocycles. The summed E-state index contributed by atoms with van der Waals surface area (Å²) < 4.78 is 72.7. The summed E-state index contributed by atoms with van der Waals surface area (Å²) in [5, 5.41) is 18.5. The van der Waals surface area contributed by atoms with Crippen molar-refractivity contribution in [1.82, 2.24) is 0 Å². The van der Waals surface area contributed by atoms with Crippen molar-refractivity contribution in [3.63, 3.8) is 0 Å². The van der Waals surface area contributed by atoms with Crippen molar-refractivity contribution in [1.29, 1.82) is 0 Å². The number of hydrogen-bond acceptors (Lipinski definition) is 13. The summed E-state index contributed by atoms with van der Waals surface area (Å²) in [5.41, 5.74) is 0. The first kappa shape index (κ1) is 63.6. The van der Waals surface area contributed by atoms with E-state index in [-0.39, 0.29) is 19.3 Å². The van der Waals surface area contributed by atoms with Gasteiger partial charge in [0.2, 0.25) is 7.83 Å². The van der Waals surface area contributed by atoms with Gasteiger partial charge in [-0.15, -0.1) is 0 Å². The van der Waals surface area contributed by atoms with Crippen LogP contribution in [0.4, 0.5) is 0 Å². The van der Waals surface area contributed by atoms with Crippen molar-refractivity contribution < 1.29 is 58.6 Å². The highest BCUT2D eigenvalue weighted by atomic mass is 29.3. The normalized spacial score (nSPS) is 17.9. The predicted molar refractivity (Wildman–Crippen MR) is 280 cm³/mol. The topological polar surface area (TPSA) is 142 Å². The molecule has 0 fully saturated rings. The fraction of sp³-hybridized carbons (Fsp3) is 1.00. The fourth-order valence-corrected chi connectivity index (χ4v) is 55.6. The molecule has 0 spiro atoms. The van der Waals surface area contributed by atoms with Crippen molar-refractivity contribution in [3.05, 3.63) is 0 Å². The summed E-state index contributed by atoms with van der Waals surface area (Å²) in [6.07, 6.45) is 4.92. The lowest BCUT2D eigenvalue weighted by Crippen LogP contribution is -2.68. The first-order chi connectivity index (χ1) is 28.3. The number of rotatable bonds is 40. The molecule has 0 bridgehead atoms. The molecule has 0 aliphatic rings. The third kappa shape index (κ3) is 30.9. The maximum Gasteiger partial charge on any atom is 0.325 e. The molecule has 372 valence electrons. The lowest BCUT2D eigenvalue weighted by atomic mass is 10.4. The van der Waals surface area contributed by atoms with Crippen LogP contribution in [0.3, 0.4) is 0 Å². The maximum absolute atomic E-state index is 9.26. The third-order valence-corrected chi connectivity index (χ3v) is 50.0. The van der Waals surface area contributed by atoms with Gasteiger partial charge in [-0.2, -0.15) is 0 Å². The van der Waals surface area contributed by atoms with Crippen molar-refractivity contribution in [2.45, 2.75) is 181 Å². The monoisotopic (exact) mass is 1050 g/mol. The highest BCUT2D eigenvalue weighted by molar-refractivity contribution is 7.37. The number of ether oxygens (including phenoxy) is 4. The summed E-state index contributed by atoms with van der Waals surface area (Å²) in [7, 11) is -20.0. The Balaban J connectivity index is 5.71. The number of hydrogen-bond donors (Lipinski definition) is 2. The first-order valence-corrected chi connectivity index (χ1v) is 52.4. The van der Waals surface area contributed by atoms with Crippen molar-refractivity contribution >= 4 is 84.1 Å².